The Morgan fingerprint density at radius 1 is 1.18 bits per heavy atom. The van der Waals surface area contributed by atoms with Gasteiger partial charge in [0.15, 0.2) is 0 Å². The van der Waals surface area contributed by atoms with Crippen LogP contribution in [0.4, 0.5) is 5.69 Å². The molecule has 1 atom stereocenters. The third-order valence-corrected chi connectivity index (χ3v) is 7.21. The minimum absolute atomic E-state index is 0.0157. The van der Waals surface area contributed by atoms with Crippen molar-refractivity contribution < 1.29 is 26.2 Å². The molecule has 2 aromatic rings. The fourth-order valence-electron chi connectivity index (χ4n) is 2.94. The summed E-state index contributed by atoms with van der Waals surface area (Å²) < 4.78 is 55.8. The number of fused-ring (bicyclic) bond motifs is 1. The summed E-state index contributed by atoms with van der Waals surface area (Å²) in [7, 11) is -9.75. The molecule has 0 unspecified atom stereocenters. The molecule has 0 bridgehead atoms. The topological polar surface area (TPSA) is 133 Å². The summed E-state index contributed by atoms with van der Waals surface area (Å²) >= 11 is 5.84. The number of para-hydroxylation sites is 1. The molecular formula is C16H16ClN3O6S2. The maximum absolute atomic E-state index is 12.7. The molecule has 12 heteroatoms. The van der Waals surface area contributed by atoms with Gasteiger partial charge in [0.2, 0.25) is 0 Å². The molecule has 2 aromatic carbocycles. The van der Waals surface area contributed by atoms with Crippen LogP contribution in [0.1, 0.15) is 22.8 Å². The zero-order chi connectivity index (χ0) is 20.7. The number of amides is 1. The van der Waals surface area contributed by atoms with E-state index in [1.165, 1.54) is 6.07 Å². The number of anilines is 1. The molecule has 0 fully saturated rings. The monoisotopic (exact) mass is 445 g/mol. The van der Waals surface area contributed by atoms with Gasteiger partial charge in [-0.25, -0.2) is 8.42 Å². The van der Waals surface area contributed by atoms with Crippen LogP contribution in [0.2, 0.25) is 5.02 Å². The van der Waals surface area contributed by atoms with E-state index in [1.807, 2.05) is 31.2 Å². The number of hydrazine groups is 1. The number of carbonyl (C=O) groups excluding carboxylic acids is 1. The fourth-order valence-corrected chi connectivity index (χ4v) is 5.44. The molecule has 0 spiro atoms. The van der Waals surface area contributed by atoms with Gasteiger partial charge >= 0.3 is 10.3 Å². The Morgan fingerprint density at radius 2 is 1.86 bits per heavy atom. The number of rotatable bonds is 5. The second-order valence-electron chi connectivity index (χ2n) is 6.20. The van der Waals surface area contributed by atoms with Gasteiger partial charge in [0.25, 0.3) is 15.9 Å². The first-order chi connectivity index (χ1) is 13.0. The predicted octanol–water partition coefficient (Wildman–Crippen LogP) is 1.52. The average molecular weight is 446 g/mol. The molecular weight excluding hydrogens is 430 g/mol. The number of hydrogen-bond acceptors (Lipinski definition) is 6. The SMILES string of the molecule is C[C@@H]1Cc2ccccc2N1NC(=O)c1ccc(Cl)c(S(=O)(=O)NS(=O)(=O)O)c1. The van der Waals surface area contributed by atoms with Crippen LogP contribution in [-0.2, 0) is 26.7 Å². The van der Waals surface area contributed by atoms with E-state index in [-0.39, 0.29) is 16.6 Å². The summed E-state index contributed by atoms with van der Waals surface area (Å²) in [6.45, 7) is 1.92. The standard InChI is InChI=1S/C16H16ClN3O6S2/c1-10-8-11-4-2-3-5-14(11)20(10)18-16(21)12-6-7-13(17)15(9-12)27(22,23)19-28(24,25)26/h2-7,9-10,19H,8H2,1H3,(H,18,21)(H,24,25,26)/t10-/m1/s1. The van der Waals surface area contributed by atoms with Crippen LogP contribution in [-0.4, -0.2) is 33.3 Å². The first kappa shape index (κ1) is 20.6. The van der Waals surface area contributed by atoms with Gasteiger partial charge in [-0.05, 0) is 43.2 Å². The van der Waals surface area contributed by atoms with E-state index >= 15 is 0 Å². The summed E-state index contributed by atoms with van der Waals surface area (Å²) in [5.41, 5.74) is 4.55. The van der Waals surface area contributed by atoms with E-state index in [1.54, 1.807) is 5.01 Å². The van der Waals surface area contributed by atoms with Crippen molar-refractivity contribution in [3.8, 4) is 0 Å². The number of benzene rings is 2. The van der Waals surface area contributed by atoms with Crippen molar-refractivity contribution in [3.05, 3.63) is 58.6 Å². The van der Waals surface area contributed by atoms with Crippen LogP contribution in [0.5, 0.6) is 0 Å². The van der Waals surface area contributed by atoms with E-state index in [9.17, 15) is 21.6 Å². The highest BCUT2D eigenvalue weighted by Crippen LogP contribution is 2.30. The van der Waals surface area contributed by atoms with Gasteiger partial charge < -0.3 is 0 Å². The number of sulfonamides is 1. The van der Waals surface area contributed by atoms with Crippen LogP contribution in [0, 0.1) is 0 Å². The normalized spacial score (nSPS) is 16.7. The maximum Gasteiger partial charge on any atom is 0.346 e. The molecule has 0 saturated carbocycles. The third-order valence-electron chi connectivity index (χ3n) is 4.13. The third kappa shape index (κ3) is 4.28. The lowest BCUT2D eigenvalue weighted by atomic mass is 10.1. The Labute approximate surface area is 167 Å². The zero-order valence-corrected chi connectivity index (χ0v) is 16.8. The number of carbonyl (C=O) groups is 1. The summed E-state index contributed by atoms with van der Waals surface area (Å²) in [6.07, 6.45) is 0.731. The second kappa shape index (κ2) is 7.33. The lowest BCUT2D eigenvalue weighted by molar-refractivity contribution is 0.0946. The van der Waals surface area contributed by atoms with Crippen molar-refractivity contribution in [2.45, 2.75) is 24.3 Å². The number of halogens is 1. The van der Waals surface area contributed by atoms with Gasteiger partial charge in [-0.2, -0.15) is 8.42 Å². The Balaban J connectivity index is 1.90. The predicted molar refractivity (Wildman–Crippen MR) is 103 cm³/mol. The molecule has 150 valence electrons. The van der Waals surface area contributed by atoms with Gasteiger partial charge in [0.1, 0.15) is 4.90 Å². The van der Waals surface area contributed by atoms with Crippen LogP contribution in [0.25, 0.3) is 0 Å². The average Bonchev–Trinajstić information content (AvgIpc) is 2.88. The Hall–Kier alpha value is -2.18. The molecule has 0 radical (unpaired) electrons. The van der Waals surface area contributed by atoms with Gasteiger partial charge in [-0.3, -0.25) is 19.8 Å². The molecule has 28 heavy (non-hydrogen) atoms. The van der Waals surface area contributed by atoms with Crippen molar-refractivity contribution in [1.29, 1.82) is 0 Å². The summed E-state index contributed by atoms with van der Waals surface area (Å²) in [5, 5.41) is 1.37. The highest BCUT2D eigenvalue weighted by Gasteiger charge is 2.29. The van der Waals surface area contributed by atoms with E-state index in [4.69, 9.17) is 16.2 Å². The summed E-state index contributed by atoms with van der Waals surface area (Å²) in [4.78, 5) is 12.0. The minimum atomic E-state index is -5.04. The summed E-state index contributed by atoms with van der Waals surface area (Å²) in [6, 6.07) is 10.9. The van der Waals surface area contributed by atoms with Crippen molar-refractivity contribution in [1.82, 2.24) is 9.55 Å². The number of nitrogens with one attached hydrogen (secondary N) is 2. The Kier molecular flexibility index (Phi) is 5.38. The van der Waals surface area contributed by atoms with E-state index in [0.717, 1.165) is 33.9 Å². The van der Waals surface area contributed by atoms with Gasteiger partial charge in [-0.15, -0.1) is 0 Å². The van der Waals surface area contributed by atoms with Gasteiger partial charge in [0.05, 0.1) is 16.8 Å². The largest absolute Gasteiger partial charge is 0.346 e. The summed E-state index contributed by atoms with van der Waals surface area (Å²) in [5.74, 6) is -0.608. The number of hydrogen-bond donors (Lipinski definition) is 3. The fraction of sp³-hybridized carbons (Fsp3) is 0.188. The second-order valence-corrected chi connectivity index (χ2v) is 9.67. The lowest BCUT2D eigenvalue weighted by Crippen LogP contribution is -2.45. The first-order valence-corrected chi connectivity index (χ1v) is 11.3. The van der Waals surface area contributed by atoms with Crippen molar-refractivity contribution in [2.75, 3.05) is 5.01 Å². The van der Waals surface area contributed by atoms with Crippen LogP contribution in [0.15, 0.2) is 47.4 Å². The zero-order valence-electron chi connectivity index (χ0n) is 14.5. The molecule has 3 rings (SSSR count). The molecule has 1 heterocycles. The highest BCUT2D eigenvalue weighted by atomic mass is 35.5. The maximum atomic E-state index is 12.7. The van der Waals surface area contributed by atoms with E-state index < -0.39 is 31.1 Å². The van der Waals surface area contributed by atoms with Gasteiger partial charge in [0, 0.05) is 5.56 Å². The molecule has 9 nitrogen and oxygen atoms in total. The van der Waals surface area contributed by atoms with Crippen molar-refractivity contribution in [2.24, 2.45) is 0 Å². The molecule has 3 N–H and O–H groups in total. The molecule has 0 aromatic heterocycles. The van der Waals surface area contributed by atoms with Gasteiger partial charge in [-0.1, -0.05) is 33.9 Å². The van der Waals surface area contributed by atoms with Crippen molar-refractivity contribution in [3.63, 3.8) is 0 Å². The molecule has 1 aliphatic rings. The molecule has 1 aliphatic heterocycles. The quantitative estimate of drug-likeness (QED) is 0.594. The van der Waals surface area contributed by atoms with Crippen LogP contribution in [0.3, 0.4) is 0 Å². The molecule has 0 aliphatic carbocycles. The smallest absolute Gasteiger partial charge is 0.282 e. The van der Waals surface area contributed by atoms with E-state index in [0.29, 0.717) is 0 Å². The first-order valence-electron chi connectivity index (χ1n) is 7.96. The Bertz CT molecular complexity index is 1150. The molecule has 0 saturated heterocycles. The Morgan fingerprint density at radius 3 is 2.54 bits per heavy atom. The molecule has 1 amide bonds. The highest BCUT2D eigenvalue weighted by molar-refractivity contribution is 8.02. The number of nitrogens with zero attached hydrogens (tertiary/aromatic N) is 1. The van der Waals surface area contributed by atoms with Crippen LogP contribution >= 0.6 is 11.6 Å². The van der Waals surface area contributed by atoms with Crippen molar-refractivity contribution >= 4 is 43.5 Å². The van der Waals surface area contributed by atoms with Crippen LogP contribution < -0.4 is 14.6 Å². The lowest BCUT2D eigenvalue weighted by Gasteiger charge is -2.25. The van der Waals surface area contributed by atoms with E-state index in [2.05, 4.69) is 5.43 Å². The minimum Gasteiger partial charge on any atom is -0.282 e.